The van der Waals surface area contributed by atoms with Crippen LogP contribution in [-0.4, -0.2) is 18.1 Å². The van der Waals surface area contributed by atoms with Crippen LogP contribution in [0, 0.1) is 11.8 Å². The van der Waals surface area contributed by atoms with Gasteiger partial charge in [-0.25, -0.2) is 0 Å². The Bertz CT molecular complexity index is 367. The number of hydrogen-bond donors (Lipinski definition) is 1. The first-order valence-electron chi connectivity index (χ1n) is 7.10. The third-order valence-corrected chi connectivity index (χ3v) is 4.40. The molecule has 0 bridgehead atoms. The number of pyridine rings is 1. The highest BCUT2D eigenvalue weighted by Gasteiger charge is 2.25. The lowest BCUT2D eigenvalue weighted by Gasteiger charge is -2.32. The molecule has 1 aliphatic carbocycles. The van der Waals surface area contributed by atoms with Gasteiger partial charge in [0.15, 0.2) is 0 Å². The third kappa shape index (κ3) is 3.69. The lowest BCUT2D eigenvalue weighted by molar-refractivity contribution is 0.229. The summed E-state index contributed by atoms with van der Waals surface area (Å²) in [4.78, 5) is 4.06. The van der Waals surface area contributed by atoms with Crippen LogP contribution in [-0.2, 0) is 6.42 Å². The average molecular weight is 267 g/mol. The van der Waals surface area contributed by atoms with Gasteiger partial charge in [0.1, 0.15) is 0 Å². The van der Waals surface area contributed by atoms with Gasteiger partial charge in [0.2, 0.25) is 0 Å². The molecule has 18 heavy (non-hydrogen) atoms. The summed E-state index contributed by atoms with van der Waals surface area (Å²) in [5, 5.41) is 4.33. The van der Waals surface area contributed by atoms with Crippen molar-refractivity contribution in [2.24, 2.45) is 11.8 Å². The Balaban J connectivity index is 1.98. The second-order valence-electron chi connectivity index (χ2n) is 5.28. The average Bonchev–Trinajstić information content (AvgIpc) is 2.40. The molecule has 1 heterocycles. The van der Waals surface area contributed by atoms with Gasteiger partial charge >= 0.3 is 0 Å². The number of halogens is 1. The Morgan fingerprint density at radius 2 is 2.11 bits per heavy atom. The fraction of sp³-hybridized carbons (Fsp3) is 0.667. The molecule has 2 unspecified atom stereocenters. The van der Waals surface area contributed by atoms with E-state index in [-0.39, 0.29) is 0 Å². The molecular weight excluding hydrogens is 244 g/mol. The summed E-state index contributed by atoms with van der Waals surface area (Å²) >= 11 is 6.22. The van der Waals surface area contributed by atoms with E-state index in [1.807, 2.05) is 6.20 Å². The molecule has 0 radical (unpaired) electrons. The molecule has 1 aromatic rings. The Hall–Kier alpha value is -0.600. The van der Waals surface area contributed by atoms with Crippen molar-refractivity contribution in [3.05, 3.63) is 29.0 Å². The molecule has 2 nitrogen and oxygen atoms in total. The second-order valence-corrected chi connectivity index (χ2v) is 5.69. The maximum atomic E-state index is 6.22. The van der Waals surface area contributed by atoms with Crippen LogP contribution in [0.1, 0.15) is 38.2 Å². The molecule has 100 valence electrons. The Labute approximate surface area is 115 Å². The van der Waals surface area contributed by atoms with Gasteiger partial charge in [0.05, 0.1) is 5.02 Å². The summed E-state index contributed by atoms with van der Waals surface area (Å²) in [5.41, 5.74) is 1.26. The summed E-state index contributed by atoms with van der Waals surface area (Å²) in [7, 11) is 0. The molecule has 1 saturated carbocycles. The Morgan fingerprint density at radius 1 is 1.33 bits per heavy atom. The zero-order valence-corrected chi connectivity index (χ0v) is 11.9. The minimum Gasteiger partial charge on any atom is -0.317 e. The summed E-state index contributed by atoms with van der Waals surface area (Å²) in [6, 6.07) is 2.07. The van der Waals surface area contributed by atoms with Crippen molar-refractivity contribution in [2.75, 3.05) is 13.1 Å². The van der Waals surface area contributed by atoms with Crippen LogP contribution < -0.4 is 5.32 Å². The number of nitrogens with zero attached hydrogens (tertiary/aromatic N) is 1. The van der Waals surface area contributed by atoms with E-state index in [4.69, 9.17) is 11.6 Å². The predicted molar refractivity (Wildman–Crippen MR) is 76.9 cm³/mol. The zero-order valence-electron chi connectivity index (χ0n) is 11.2. The molecular formula is C15H23ClN2. The first kappa shape index (κ1) is 13.8. The van der Waals surface area contributed by atoms with E-state index in [1.165, 1.54) is 31.2 Å². The van der Waals surface area contributed by atoms with E-state index in [1.54, 1.807) is 6.20 Å². The summed E-state index contributed by atoms with van der Waals surface area (Å²) in [6.07, 6.45) is 10.2. The lowest BCUT2D eigenvalue weighted by Crippen LogP contribution is -2.31. The molecule has 1 N–H and O–H groups in total. The molecule has 2 atom stereocenters. The minimum absolute atomic E-state index is 0.776. The topological polar surface area (TPSA) is 24.9 Å². The molecule has 3 heteroatoms. The van der Waals surface area contributed by atoms with Gasteiger partial charge in [-0.2, -0.15) is 0 Å². The van der Waals surface area contributed by atoms with Crippen molar-refractivity contribution in [3.8, 4) is 0 Å². The molecule has 0 amide bonds. The van der Waals surface area contributed by atoms with Gasteiger partial charge in [-0.1, -0.05) is 31.4 Å². The van der Waals surface area contributed by atoms with Gasteiger partial charge in [0.25, 0.3) is 0 Å². The van der Waals surface area contributed by atoms with Crippen molar-refractivity contribution in [1.82, 2.24) is 10.3 Å². The molecule has 0 aliphatic heterocycles. The summed E-state index contributed by atoms with van der Waals surface area (Å²) in [6.45, 7) is 4.40. The fourth-order valence-corrected chi connectivity index (χ4v) is 3.20. The number of rotatable bonds is 5. The van der Waals surface area contributed by atoms with Gasteiger partial charge in [-0.15, -0.1) is 0 Å². The maximum Gasteiger partial charge on any atom is 0.0621 e. The van der Waals surface area contributed by atoms with E-state index in [0.29, 0.717) is 0 Å². The first-order valence-corrected chi connectivity index (χ1v) is 7.48. The van der Waals surface area contributed by atoms with Crippen LogP contribution >= 0.6 is 11.6 Å². The molecule has 2 rings (SSSR count). The monoisotopic (exact) mass is 266 g/mol. The van der Waals surface area contributed by atoms with E-state index >= 15 is 0 Å². The van der Waals surface area contributed by atoms with Gasteiger partial charge < -0.3 is 5.32 Å². The highest BCUT2D eigenvalue weighted by atomic mass is 35.5. The molecule has 0 spiro atoms. The summed E-state index contributed by atoms with van der Waals surface area (Å²) < 4.78 is 0. The van der Waals surface area contributed by atoms with Crippen LogP contribution in [0.4, 0.5) is 0 Å². The van der Waals surface area contributed by atoms with E-state index in [9.17, 15) is 0 Å². The maximum absolute atomic E-state index is 6.22. The normalized spacial score (nSPS) is 24.1. The molecule has 1 aliphatic rings. The van der Waals surface area contributed by atoms with Crippen molar-refractivity contribution in [2.45, 2.75) is 39.0 Å². The second kappa shape index (κ2) is 7.10. The van der Waals surface area contributed by atoms with Crippen molar-refractivity contribution < 1.29 is 0 Å². The number of hydrogen-bond acceptors (Lipinski definition) is 2. The van der Waals surface area contributed by atoms with Gasteiger partial charge in [-0.05, 0) is 55.8 Å². The van der Waals surface area contributed by atoms with E-state index in [2.05, 4.69) is 23.3 Å². The number of aromatic nitrogens is 1. The smallest absolute Gasteiger partial charge is 0.0621 e. The van der Waals surface area contributed by atoms with Gasteiger partial charge in [-0.3, -0.25) is 4.98 Å². The number of nitrogens with one attached hydrogen (secondary N) is 1. The third-order valence-electron chi connectivity index (χ3n) is 4.06. The molecule has 0 aromatic carbocycles. The highest BCUT2D eigenvalue weighted by Crippen LogP contribution is 2.33. The Morgan fingerprint density at radius 3 is 2.83 bits per heavy atom. The lowest BCUT2D eigenvalue weighted by atomic mass is 9.76. The van der Waals surface area contributed by atoms with Crippen LogP contribution in [0.3, 0.4) is 0 Å². The molecule has 1 aromatic heterocycles. The fourth-order valence-electron chi connectivity index (χ4n) is 3.00. The van der Waals surface area contributed by atoms with Crippen LogP contribution in [0.2, 0.25) is 5.02 Å². The van der Waals surface area contributed by atoms with Gasteiger partial charge in [0, 0.05) is 12.4 Å². The van der Waals surface area contributed by atoms with Crippen LogP contribution in [0.25, 0.3) is 0 Å². The standard InChI is InChI=1S/C15H23ClN2/c1-2-17-10-14-6-4-3-5-12(14)9-13-7-8-18-11-15(13)16/h7-8,11-12,14,17H,2-6,9-10H2,1H3. The van der Waals surface area contributed by atoms with E-state index < -0.39 is 0 Å². The molecule has 0 saturated heterocycles. The molecule has 1 fully saturated rings. The highest BCUT2D eigenvalue weighted by molar-refractivity contribution is 6.31. The first-order chi connectivity index (χ1) is 8.81. The Kier molecular flexibility index (Phi) is 5.45. The largest absolute Gasteiger partial charge is 0.317 e. The van der Waals surface area contributed by atoms with Crippen LogP contribution in [0.15, 0.2) is 18.5 Å². The van der Waals surface area contributed by atoms with E-state index in [0.717, 1.165) is 36.4 Å². The van der Waals surface area contributed by atoms with Crippen molar-refractivity contribution in [1.29, 1.82) is 0 Å². The summed E-state index contributed by atoms with van der Waals surface area (Å²) in [5.74, 6) is 1.58. The van der Waals surface area contributed by atoms with Crippen molar-refractivity contribution in [3.63, 3.8) is 0 Å². The van der Waals surface area contributed by atoms with Crippen molar-refractivity contribution >= 4 is 11.6 Å². The zero-order chi connectivity index (χ0) is 12.8. The minimum atomic E-state index is 0.776. The SMILES string of the molecule is CCNCC1CCCCC1Cc1ccncc1Cl. The quantitative estimate of drug-likeness (QED) is 0.879. The van der Waals surface area contributed by atoms with Crippen LogP contribution in [0.5, 0.6) is 0 Å². The predicted octanol–water partition coefficient (Wildman–Crippen LogP) is 3.69.